The number of carbonyl (C=O) groups is 1. The van der Waals surface area contributed by atoms with Crippen LogP contribution in [0, 0.1) is 0 Å². The number of carbonyl (C=O) groups excluding carboxylic acids is 1. The van der Waals surface area contributed by atoms with Crippen LogP contribution < -0.4 is 0 Å². The van der Waals surface area contributed by atoms with Crippen LogP contribution in [0.4, 0.5) is 0 Å². The lowest BCUT2D eigenvalue weighted by Crippen LogP contribution is -2.38. The topological polar surface area (TPSA) is 51.0 Å². The first-order valence-electron chi connectivity index (χ1n) is 8.52. The van der Waals surface area contributed by atoms with Crippen LogP contribution in [0.25, 0.3) is 0 Å². The van der Waals surface area contributed by atoms with Gasteiger partial charge in [-0.1, -0.05) is 0 Å². The molecule has 0 N–H and O–H groups in total. The highest BCUT2D eigenvalue weighted by Crippen LogP contribution is 2.43. The summed E-state index contributed by atoms with van der Waals surface area (Å²) < 4.78 is 2.12. The van der Waals surface area contributed by atoms with Crippen LogP contribution in [0.1, 0.15) is 65.5 Å². The summed E-state index contributed by atoms with van der Waals surface area (Å²) in [7, 11) is 0. The van der Waals surface area contributed by atoms with E-state index in [1.54, 1.807) is 17.7 Å². The zero-order valence-electron chi connectivity index (χ0n) is 13.4. The molecule has 0 radical (unpaired) electrons. The molecule has 1 saturated heterocycles. The van der Waals surface area contributed by atoms with Crippen molar-refractivity contribution < 1.29 is 4.79 Å². The molecule has 0 unspecified atom stereocenters. The van der Waals surface area contributed by atoms with Gasteiger partial charge in [0, 0.05) is 25.6 Å². The molecule has 23 heavy (non-hydrogen) atoms. The van der Waals surface area contributed by atoms with Gasteiger partial charge in [-0.15, -0.1) is 21.5 Å². The van der Waals surface area contributed by atoms with Crippen molar-refractivity contribution in [2.45, 2.75) is 51.0 Å². The summed E-state index contributed by atoms with van der Waals surface area (Å²) in [5, 5.41) is 10.4. The predicted molar refractivity (Wildman–Crippen MR) is 89.9 cm³/mol. The highest BCUT2D eigenvalue weighted by atomic mass is 32.1. The Labute approximate surface area is 140 Å². The zero-order chi connectivity index (χ0) is 15.8. The Bertz CT molecular complexity index is 695. The van der Waals surface area contributed by atoms with Gasteiger partial charge in [-0.3, -0.25) is 4.79 Å². The maximum Gasteiger partial charge on any atom is 0.264 e. The fourth-order valence-corrected chi connectivity index (χ4v) is 4.47. The number of likely N-dealkylation sites (tertiary alicyclic amines) is 1. The zero-order valence-corrected chi connectivity index (χ0v) is 14.3. The van der Waals surface area contributed by atoms with Crippen molar-refractivity contribution in [3.63, 3.8) is 0 Å². The lowest BCUT2D eigenvalue weighted by Gasteiger charge is -2.31. The first-order chi connectivity index (χ1) is 11.3. The minimum atomic E-state index is 0.234. The third-order valence-electron chi connectivity index (χ3n) is 5.04. The van der Waals surface area contributed by atoms with Crippen molar-refractivity contribution in [1.82, 2.24) is 19.7 Å². The van der Waals surface area contributed by atoms with E-state index in [0.717, 1.165) is 43.2 Å². The Morgan fingerprint density at radius 3 is 2.74 bits per heavy atom. The molecule has 0 spiro atoms. The standard InChI is InChI=1S/C17H22N4OS/c1-2-20-11-18-19-16(20)13-5-8-21(9-6-13)17(22)15-14(7-10-23-15)12-3-4-12/h7,10-13H,2-6,8-9H2,1H3. The summed E-state index contributed by atoms with van der Waals surface area (Å²) in [5.74, 6) is 2.38. The molecular formula is C17H22N4OS. The Balaban J connectivity index is 1.43. The third kappa shape index (κ3) is 2.80. The quantitative estimate of drug-likeness (QED) is 0.864. The molecule has 1 amide bonds. The van der Waals surface area contributed by atoms with Gasteiger partial charge >= 0.3 is 0 Å². The van der Waals surface area contributed by atoms with Crippen LogP contribution in [0.2, 0.25) is 0 Å². The van der Waals surface area contributed by atoms with Gasteiger partial charge in [0.05, 0.1) is 4.88 Å². The maximum absolute atomic E-state index is 12.8. The number of aryl methyl sites for hydroxylation is 1. The highest BCUT2D eigenvalue weighted by molar-refractivity contribution is 7.12. The summed E-state index contributed by atoms with van der Waals surface area (Å²) in [6, 6.07) is 2.14. The van der Waals surface area contributed by atoms with Crippen LogP contribution in [-0.2, 0) is 6.54 Å². The molecule has 1 saturated carbocycles. The average Bonchev–Trinajstić information content (AvgIpc) is 3.14. The Morgan fingerprint density at radius 2 is 2.04 bits per heavy atom. The molecule has 4 rings (SSSR count). The molecule has 0 atom stereocenters. The van der Waals surface area contributed by atoms with Gasteiger partial charge in [0.1, 0.15) is 12.2 Å². The summed E-state index contributed by atoms with van der Waals surface area (Å²) >= 11 is 1.61. The number of aromatic nitrogens is 3. The molecule has 2 fully saturated rings. The smallest absolute Gasteiger partial charge is 0.264 e. The van der Waals surface area contributed by atoms with E-state index in [9.17, 15) is 4.79 Å². The molecule has 122 valence electrons. The van der Waals surface area contributed by atoms with E-state index in [4.69, 9.17) is 0 Å². The fraction of sp³-hybridized carbons (Fsp3) is 0.588. The lowest BCUT2D eigenvalue weighted by molar-refractivity contribution is 0.0714. The Hall–Kier alpha value is -1.69. The molecule has 0 bridgehead atoms. The van der Waals surface area contributed by atoms with E-state index in [0.29, 0.717) is 11.8 Å². The van der Waals surface area contributed by atoms with Crippen molar-refractivity contribution in [2.75, 3.05) is 13.1 Å². The van der Waals surface area contributed by atoms with Gasteiger partial charge in [0.25, 0.3) is 5.91 Å². The largest absolute Gasteiger partial charge is 0.338 e. The number of rotatable bonds is 4. The fourth-order valence-electron chi connectivity index (χ4n) is 3.52. The summed E-state index contributed by atoms with van der Waals surface area (Å²) in [6.45, 7) is 4.66. The van der Waals surface area contributed by atoms with Crippen LogP contribution in [0.15, 0.2) is 17.8 Å². The molecule has 2 aromatic heterocycles. The second-order valence-electron chi connectivity index (χ2n) is 6.52. The molecule has 6 heteroatoms. The minimum absolute atomic E-state index is 0.234. The van der Waals surface area contributed by atoms with E-state index < -0.39 is 0 Å². The predicted octanol–water partition coefficient (Wildman–Crippen LogP) is 3.26. The van der Waals surface area contributed by atoms with E-state index in [-0.39, 0.29) is 5.91 Å². The number of nitrogens with zero attached hydrogens (tertiary/aromatic N) is 4. The summed E-state index contributed by atoms with van der Waals surface area (Å²) in [5.41, 5.74) is 1.29. The number of amides is 1. The monoisotopic (exact) mass is 330 g/mol. The molecule has 2 aromatic rings. The van der Waals surface area contributed by atoms with Gasteiger partial charge in [-0.05, 0) is 55.5 Å². The van der Waals surface area contributed by atoms with Crippen LogP contribution in [0.5, 0.6) is 0 Å². The van der Waals surface area contributed by atoms with Crippen LogP contribution in [0.3, 0.4) is 0 Å². The molecular weight excluding hydrogens is 308 g/mol. The molecule has 5 nitrogen and oxygen atoms in total. The van der Waals surface area contributed by atoms with E-state index in [2.05, 4.69) is 33.1 Å². The number of hydrogen-bond donors (Lipinski definition) is 0. The first kappa shape index (κ1) is 14.9. The number of hydrogen-bond acceptors (Lipinski definition) is 4. The Morgan fingerprint density at radius 1 is 1.26 bits per heavy atom. The third-order valence-corrected chi connectivity index (χ3v) is 5.96. The van der Waals surface area contributed by atoms with Gasteiger partial charge in [0.2, 0.25) is 0 Å². The maximum atomic E-state index is 12.8. The summed E-state index contributed by atoms with van der Waals surface area (Å²) in [4.78, 5) is 15.8. The first-order valence-corrected chi connectivity index (χ1v) is 9.40. The number of piperidine rings is 1. The molecule has 1 aliphatic heterocycles. The van der Waals surface area contributed by atoms with Crippen molar-refractivity contribution >= 4 is 17.2 Å². The molecule has 0 aromatic carbocycles. The van der Waals surface area contributed by atoms with Gasteiger partial charge in [0.15, 0.2) is 0 Å². The molecule has 3 heterocycles. The van der Waals surface area contributed by atoms with Crippen molar-refractivity contribution in [3.05, 3.63) is 34.0 Å². The normalized spacial score (nSPS) is 19.3. The second kappa shape index (κ2) is 6.07. The average molecular weight is 330 g/mol. The second-order valence-corrected chi connectivity index (χ2v) is 7.44. The molecule has 1 aliphatic carbocycles. The minimum Gasteiger partial charge on any atom is -0.338 e. The van der Waals surface area contributed by atoms with Gasteiger partial charge < -0.3 is 9.47 Å². The Kier molecular flexibility index (Phi) is 3.93. The molecule has 2 aliphatic rings. The van der Waals surface area contributed by atoms with E-state index >= 15 is 0 Å². The van der Waals surface area contributed by atoms with Crippen molar-refractivity contribution in [1.29, 1.82) is 0 Å². The highest BCUT2D eigenvalue weighted by Gasteiger charge is 2.32. The SMILES string of the molecule is CCn1cnnc1C1CCN(C(=O)c2sccc2C2CC2)CC1. The van der Waals surface area contributed by atoms with Gasteiger partial charge in [-0.2, -0.15) is 0 Å². The van der Waals surface area contributed by atoms with Gasteiger partial charge in [-0.25, -0.2) is 0 Å². The van der Waals surface area contributed by atoms with Crippen molar-refractivity contribution in [2.24, 2.45) is 0 Å². The van der Waals surface area contributed by atoms with E-state index in [1.807, 2.05) is 4.90 Å². The summed E-state index contributed by atoms with van der Waals surface area (Å²) in [6.07, 6.45) is 6.25. The van der Waals surface area contributed by atoms with Crippen LogP contribution >= 0.6 is 11.3 Å². The van der Waals surface area contributed by atoms with E-state index in [1.165, 1.54) is 18.4 Å². The van der Waals surface area contributed by atoms with Crippen molar-refractivity contribution in [3.8, 4) is 0 Å². The number of thiophene rings is 1. The lowest BCUT2D eigenvalue weighted by atomic mass is 9.95. The van der Waals surface area contributed by atoms with Crippen LogP contribution in [-0.4, -0.2) is 38.7 Å².